The average Bonchev–Trinajstić information content (AvgIpc) is 0.906. The molecule has 5 unspecified atom stereocenters. The first-order valence-corrected chi connectivity index (χ1v) is 46.8. The van der Waals surface area contributed by atoms with Crippen LogP contribution >= 0.6 is 15.6 Å². The highest BCUT2D eigenvalue weighted by atomic mass is 31.2. The van der Waals surface area contributed by atoms with Crippen molar-refractivity contribution in [3.05, 3.63) is 0 Å². The number of aliphatic hydroxyl groups is 1. The molecule has 0 aromatic rings. The maximum atomic E-state index is 13.1. The molecule has 3 N–H and O–H groups in total. The Bertz CT molecular complexity index is 2030. The summed E-state index contributed by atoms with van der Waals surface area (Å²) in [6.45, 7) is 14.4. The Hall–Kier alpha value is -1.94. The summed E-state index contributed by atoms with van der Waals surface area (Å²) in [7, 11) is -9.93. The van der Waals surface area contributed by atoms with Gasteiger partial charge in [0.15, 0.2) is 12.2 Å². The number of phosphoric ester groups is 2. The van der Waals surface area contributed by atoms with Crippen LogP contribution in [0.15, 0.2) is 0 Å². The Morgan fingerprint density at radius 2 is 0.462 bits per heavy atom. The van der Waals surface area contributed by atoms with Crippen LogP contribution in [0.2, 0.25) is 0 Å². The van der Waals surface area contributed by atoms with Crippen molar-refractivity contribution in [2.24, 2.45) is 23.7 Å². The second-order valence-corrected chi connectivity index (χ2v) is 34.9. The van der Waals surface area contributed by atoms with Gasteiger partial charge in [-0.3, -0.25) is 37.3 Å². The molecule has 0 heterocycles. The number of aliphatic hydroxyl groups excluding tert-OH is 1. The average molecular weight is 1520 g/mol. The Balaban J connectivity index is 5.24. The Morgan fingerprint density at radius 3 is 0.683 bits per heavy atom. The number of esters is 4. The van der Waals surface area contributed by atoms with Gasteiger partial charge in [0.05, 0.1) is 26.4 Å². The van der Waals surface area contributed by atoms with Crippen LogP contribution in [0, 0.1) is 23.7 Å². The number of hydrogen-bond acceptors (Lipinski definition) is 15. The molecule has 0 spiro atoms. The highest BCUT2D eigenvalue weighted by Crippen LogP contribution is 2.45. The quantitative estimate of drug-likeness (QED) is 0.0222. The molecule has 0 saturated heterocycles. The Labute approximate surface area is 638 Å². The monoisotopic (exact) mass is 1520 g/mol. The molecule has 0 aromatic heterocycles. The smallest absolute Gasteiger partial charge is 0.462 e. The number of hydrogen-bond donors (Lipinski definition) is 3. The molecule has 0 aliphatic carbocycles. The van der Waals surface area contributed by atoms with Crippen LogP contribution in [0.1, 0.15) is 441 Å². The van der Waals surface area contributed by atoms with Crippen LogP contribution in [-0.4, -0.2) is 96.7 Å². The van der Waals surface area contributed by atoms with E-state index < -0.39 is 97.5 Å². The fourth-order valence-corrected chi connectivity index (χ4v) is 14.7. The highest BCUT2D eigenvalue weighted by Gasteiger charge is 2.30. The maximum Gasteiger partial charge on any atom is 0.472 e. The van der Waals surface area contributed by atoms with Gasteiger partial charge in [0, 0.05) is 25.7 Å². The van der Waals surface area contributed by atoms with E-state index in [1.54, 1.807) is 0 Å². The van der Waals surface area contributed by atoms with Crippen molar-refractivity contribution in [1.29, 1.82) is 0 Å². The van der Waals surface area contributed by atoms with Crippen molar-refractivity contribution in [3.63, 3.8) is 0 Å². The van der Waals surface area contributed by atoms with Gasteiger partial charge in [0.25, 0.3) is 0 Å². The van der Waals surface area contributed by atoms with Gasteiger partial charge in [-0.1, -0.05) is 389 Å². The van der Waals surface area contributed by atoms with Crippen LogP contribution in [0.4, 0.5) is 0 Å². The van der Waals surface area contributed by atoms with Crippen molar-refractivity contribution in [1.82, 2.24) is 0 Å². The lowest BCUT2D eigenvalue weighted by atomic mass is 9.99. The number of unbranched alkanes of at least 4 members (excludes halogenated alkanes) is 46. The molecule has 0 aliphatic rings. The van der Waals surface area contributed by atoms with Gasteiger partial charge in [-0.15, -0.1) is 0 Å². The molecule has 0 aromatic carbocycles. The molecule has 0 bridgehead atoms. The van der Waals surface area contributed by atoms with E-state index in [-0.39, 0.29) is 25.7 Å². The van der Waals surface area contributed by atoms with Crippen molar-refractivity contribution < 1.29 is 80.2 Å². The predicted molar refractivity (Wildman–Crippen MR) is 428 cm³/mol. The van der Waals surface area contributed by atoms with Crippen LogP contribution in [0.3, 0.4) is 0 Å². The van der Waals surface area contributed by atoms with Crippen molar-refractivity contribution in [3.8, 4) is 0 Å². The summed E-state index contributed by atoms with van der Waals surface area (Å²) in [4.78, 5) is 73.2. The van der Waals surface area contributed by atoms with Gasteiger partial charge >= 0.3 is 39.5 Å². The van der Waals surface area contributed by atoms with Gasteiger partial charge in [0.1, 0.15) is 19.3 Å². The highest BCUT2D eigenvalue weighted by molar-refractivity contribution is 7.47. The summed E-state index contributed by atoms with van der Waals surface area (Å²) >= 11 is 0. The zero-order chi connectivity index (χ0) is 76.7. The second kappa shape index (κ2) is 73.8. The molecule has 7 atom stereocenters. The van der Waals surface area contributed by atoms with Crippen molar-refractivity contribution >= 4 is 39.5 Å². The number of phosphoric acid groups is 2. The summed E-state index contributed by atoms with van der Waals surface area (Å²) in [5.74, 6) is 1.09. The van der Waals surface area contributed by atoms with E-state index in [9.17, 15) is 43.2 Å². The largest absolute Gasteiger partial charge is 0.472 e. The molecule has 0 aliphatic heterocycles. The van der Waals surface area contributed by atoms with Gasteiger partial charge < -0.3 is 33.8 Å². The van der Waals surface area contributed by atoms with E-state index in [0.29, 0.717) is 31.6 Å². The molecule has 17 nitrogen and oxygen atoms in total. The second-order valence-electron chi connectivity index (χ2n) is 32.0. The van der Waals surface area contributed by atoms with Gasteiger partial charge in [-0.05, 0) is 49.4 Å². The molecule has 104 heavy (non-hydrogen) atoms. The summed E-state index contributed by atoms with van der Waals surface area (Å²) < 4.78 is 68.9. The standard InChI is InChI=1S/C85H166O17P2/c1-9-77(7)63-55-47-39-31-25-19-14-16-21-27-33-41-49-57-65-82(87)95-71-80(101-84(89)67-59-51-42-34-28-22-13-11-12-18-24-30-37-45-53-61-75(3)4)73-99-103(91,92)97-69-79(86)70-98-104(93,94)100-74-81(72-96-83(88)66-58-50-44-36-38-46-54-62-76(5)6)102-85(90)68-60-52-43-35-29-23-17-15-20-26-32-40-48-56-64-78(8)10-2/h75-81,86H,9-74H2,1-8H3,(H,91,92)(H,93,94)/t77?,78?,79?,80-,81-/m1/s1. The van der Waals surface area contributed by atoms with E-state index in [1.807, 2.05) is 0 Å². The van der Waals surface area contributed by atoms with E-state index in [1.165, 1.54) is 238 Å². The molecular formula is C85H166O17P2. The number of carbonyl (C=O) groups is 4. The minimum absolute atomic E-state index is 0.107. The zero-order valence-corrected chi connectivity index (χ0v) is 70.5. The minimum Gasteiger partial charge on any atom is -0.462 e. The normalized spacial score (nSPS) is 14.5. The van der Waals surface area contributed by atoms with Crippen LogP contribution in [0.5, 0.6) is 0 Å². The lowest BCUT2D eigenvalue weighted by molar-refractivity contribution is -0.161. The van der Waals surface area contributed by atoms with E-state index in [0.717, 1.165) is 114 Å². The maximum absolute atomic E-state index is 13.1. The van der Waals surface area contributed by atoms with Crippen molar-refractivity contribution in [2.75, 3.05) is 39.6 Å². The summed E-state index contributed by atoms with van der Waals surface area (Å²) in [6.07, 6.45) is 62.4. The lowest BCUT2D eigenvalue weighted by Crippen LogP contribution is -2.30. The third-order valence-electron chi connectivity index (χ3n) is 20.5. The summed E-state index contributed by atoms with van der Waals surface area (Å²) in [5.41, 5.74) is 0. The van der Waals surface area contributed by atoms with Gasteiger partial charge in [-0.25, -0.2) is 9.13 Å². The van der Waals surface area contributed by atoms with Gasteiger partial charge in [-0.2, -0.15) is 0 Å². The molecule has 0 amide bonds. The fourth-order valence-electron chi connectivity index (χ4n) is 13.1. The molecule has 0 saturated carbocycles. The summed E-state index contributed by atoms with van der Waals surface area (Å²) in [6, 6.07) is 0. The first kappa shape index (κ1) is 102. The first-order valence-electron chi connectivity index (χ1n) is 43.8. The predicted octanol–water partition coefficient (Wildman–Crippen LogP) is 25.6. The van der Waals surface area contributed by atoms with Crippen LogP contribution in [0.25, 0.3) is 0 Å². The molecule has 0 rings (SSSR count). The van der Waals surface area contributed by atoms with Crippen molar-refractivity contribution in [2.45, 2.75) is 459 Å². The third kappa shape index (κ3) is 75.5. The number of rotatable bonds is 82. The fraction of sp³-hybridized carbons (Fsp3) is 0.953. The molecule has 618 valence electrons. The van der Waals surface area contributed by atoms with Crippen LogP contribution in [-0.2, 0) is 65.4 Å². The minimum atomic E-state index is -4.97. The third-order valence-corrected chi connectivity index (χ3v) is 22.4. The Morgan fingerprint density at radius 1 is 0.269 bits per heavy atom. The molecular weight excluding hydrogens is 1350 g/mol. The molecule has 0 radical (unpaired) electrons. The van der Waals surface area contributed by atoms with E-state index in [2.05, 4.69) is 55.4 Å². The lowest BCUT2D eigenvalue weighted by Gasteiger charge is -2.21. The number of ether oxygens (including phenoxy) is 4. The van der Waals surface area contributed by atoms with Gasteiger partial charge in [0.2, 0.25) is 0 Å². The summed E-state index contributed by atoms with van der Waals surface area (Å²) in [5, 5.41) is 10.7. The Kier molecular flexibility index (Phi) is 72.5. The molecule has 0 fully saturated rings. The van der Waals surface area contributed by atoms with Crippen LogP contribution < -0.4 is 0 Å². The van der Waals surface area contributed by atoms with E-state index in [4.69, 9.17) is 37.0 Å². The molecule has 19 heteroatoms. The zero-order valence-electron chi connectivity index (χ0n) is 68.7. The van der Waals surface area contributed by atoms with E-state index >= 15 is 0 Å². The first-order chi connectivity index (χ1) is 50.2. The topological polar surface area (TPSA) is 237 Å². The SMILES string of the molecule is CCC(C)CCCCCCCCCCCCCCCCC(=O)OC[C@H](COP(=O)(O)OCC(O)COP(=O)(O)OC[C@@H](COC(=O)CCCCCCCCCC(C)C)OC(=O)CCCCCCCCCCCCCCCCC(C)CC)OC(=O)CCCCCCCCCCCCCCCCCC(C)C. The number of carbonyl (C=O) groups excluding carboxylic acids is 4.